The zero-order chi connectivity index (χ0) is 32.3. The molecule has 0 fully saturated rings. The minimum atomic E-state index is -4.31. The largest absolute Gasteiger partial charge is 0.497 e. The molecule has 0 saturated heterocycles. The average Bonchev–Trinajstić information content (AvgIpc) is 3.33. The SMILES string of the molecule is COc1ccc(-c2c(F)c3cc(OCc4ccccc4)ccc3n2Cc2ccc(CCc3cc(C)ccc3S(=O)(=O)O)cc2)cc1. The molecule has 1 heterocycles. The molecular formula is C38H34FNO5S. The average molecular weight is 636 g/mol. The Morgan fingerprint density at radius 3 is 2.15 bits per heavy atom. The normalized spacial score (nSPS) is 11.6. The molecule has 0 radical (unpaired) electrons. The van der Waals surface area contributed by atoms with Crippen LogP contribution in [0.2, 0.25) is 0 Å². The van der Waals surface area contributed by atoms with Crippen molar-refractivity contribution in [2.24, 2.45) is 0 Å². The van der Waals surface area contributed by atoms with Crippen molar-refractivity contribution < 1.29 is 26.8 Å². The van der Waals surface area contributed by atoms with Crippen molar-refractivity contribution in [3.8, 4) is 22.8 Å². The van der Waals surface area contributed by atoms with Gasteiger partial charge in [0.25, 0.3) is 10.1 Å². The second kappa shape index (κ2) is 13.2. The van der Waals surface area contributed by atoms with E-state index in [1.807, 2.05) is 102 Å². The summed E-state index contributed by atoms with van der Waals surface area (Å²) in [4.78, 5) is -0.0593. The van der Waals surface area contributed by atoms with E-state index in [-0.39, 0.29) is 10.7 Å². The van der Waals surface area contributed by atoms with E-state index < -0.39 is 10.1 Å². The fourth-order valence-electron chi connectivity index (χ4n) is 5.75. The zero-order valence-corrected chi connectivity index (χ0v) is 26.4. The lowest BCUT2D eigenvalue weighted by molar-refractivity contribution is 0.306. The summed E-state index contributed by atoms with van der Waals surface area (Å²) in [5.74, 6) is 0.951. The monoisotopic (exact) mass is 635 g/mol. The summed E-state index contributed by atoms with van der Waals surface area (Å²) in [5.41, 5.74) is 6.48. The number of methoxy groups -OCH3 is 1. The Morgan fingerprint density at radius 2 is 1.46 bits per heavy atom. The van der Waals surface area contributed by atoms with Gasteiger partial charge in [-0.2, -0.15) is 8.42 Å². The number of halogens is 1. The Labute approximate surface area is 268 Å². The molecule has 0 aliphatic heterocycles. The number of aromatic nitrogens is 1. The van der Waals surface area contributed by atoms with E-state index in [1.165, 1.54) is 6.07 Å². The Kier molecular flexibility index (Phi) is 8.92. The molecule has 0 atom stereocenters. The van der Waals surface area contributed by atoms with Gasteiger partial charge in [0.05, 0.1) is 23.2 Å². The summed E-state index contributed by atoms with van der Waals surface area (Å²) in [5, 5.41) is 0.473. The molecule has 0 bridgehead atoms. The van der Waals surface area contributed by atoms with E-state index >= 15 is 4.39 Å². The molecule has 8 heteroatoms. The van der Waals surface area contributed by atoms with Gasteiger partial charge < -0.3 is 14.0 Å². The van der Waals surface area contributed by atoms with Crippen LogP contribution in [0.5, 0.6) is 11.5 Å². The molecular weight excluding hydrogens is 601 g/mol. The van der Waals surface area contributed by atoms with E-state index in [2.05, 4.69) is 0 Å². The first-order valence-electron chi connectivity index (χ1n) is 15.0. The summed E-state index contributed by atoms with van der Waals surface area (Å²) in [6.45, 7) is 2.70. The summed E-state index contributed by atoms with van der Waals surface area (Å²) in [6.07, 6.45) is 1.05. The highest BCUT2D eigenvalue weighted by Crippen LogP contribution is 2.36. The first-order valence-corrected chi connectivity index (χ1v) is 16.4. The molecule has 0 amide bonds. The fourth-order valence-corrected chi connectivity index (χ4v) is 6.48. The maximum atomic E-state index is 16.3. The first kappa shape index (κ1) is 31.1. The third-order valence-corrected chi connectivity index (χ3v) is 9.08. The molecule has 6 aromatic rings. The highest BCUT2D eigenvalue weighted by molar-refractivity contribution is 7.85. The Bertz CT molecular complexity index is 2090. The molecule has 1 N–H and O–H groups in total. The van der Waals surface area contributed by atoms with Crippen LogP contribution in [0.25, 0.3) is 22.2 Å². The minimum absolute atomic E-state index is 0.0593. The van der Waals surface area contributed by atoms with Crippen LogP contribution < -0.4 is 9.47 Å². The standard InChI is InChI=1S/C38H34FNO5S/c1-26-8-21-36(46(41,42)43)31(22-26)14-13-27-9-11-28(12-10-27)24-40-35-20-19-33(45-25-29-6-4-3-5-7-29)23-34(35)37(39)38(40)30-15-17-32(44-2)18-16-30/h3-12,15-23H,13-14,24-25H2,1-2H3,(H,41,42,43). The molecule has 0 spiro atoms. The van der Waals surface area contributed by atoms with E-state index in [1.54, 1.807) is 25.3 Å². The predicted molar refractivity (Wildman–Crippen MR) is 179 cm³/mol. The maximum Gasteiger partial charge on any atom is 0.294 e. The summed E-state index contributed by atoms with van der Waals surface area (Å²) < 4.78 is 63.0. The quantitative estimate of drug-likeness (QED) is 0.145. The lowest BCUT2D eigenvalue weighted by Gasteiger charge is -2.13. The molecule has 0 aliphatic carbocycles. The highest BCUT2D eigenvalue weighted by Gasteiger charge is 2.20. The van der Waals surface area contributed by atoms with Gasteiger partial charge >= 0.3 is 0 Å². The van der Waals surface area contributed by atoms with Gasteiger partial charge in [-0.25, -0.2) is 4.39 Å². The van der Waals surface area contributed by atoms with E-state index in [0.29, 0.717) is 54.1 Å². The van der Waals surface area contributed by atoms with Gasteiger partial charge in [0.1, 0.15) is 18.1 Å². The van der Waals surface area contributed by atoms with Gasteiger partial charge in [-0.3, -0.25) is 4.55 Å². The van der Waals surface area contributed by atoms with Crippen molar-refractivity contribution >= 4 is 21.0 Å². The Balaban J connectivity index is 1.29. The topological polar surface area (TPSA) is 77.8 Å². The van der Waals surface area contributed by atoms with Gasteiger partial charge in [-0.05, 0) is 90.6 Å². The number of hydrogen-bond acceptors (Lipinski definition) is 4. The molecule has 1 aromatic heterocycles. The molecule has 5 aromatic carbocycles. The Hall–Kier alpha value is -4.92. The molecule has 46 heavy (non-hydrogen) atoms. The minimum Gasteiger partial charge on any atom is -0.497 e. The second-order valence-electron chi connectivity index (χ2n) is 11.3. The van der Waals surface area contributed by atoms with Crippen LogP contribution in [-0.4, -0.2) is 24.6 Å². The van der Waals surface area contributed by atoms with Crippen LogP contribution in [0.1, 0.15) is 27.8 Å². The molecule has 234 valence electrons. The zero-order valence-electron chi connectivity index (χ0n) is 25.6. The van der Waals surface area contributed by atoms with E-state index in [4.69, 9.17) is 9.47 Å². The second-order valence-corrected chi connectivity index (χ2v) is 12.7. The molecule has 0 aliphatic rings. The lowest BCUT2D eigenvalue weighted by atomic mass is 10.0. The summed E-state index contributed by atoms with van der Waals surface area (Å²) in [6, 6.07) is 35.7. The van der Waals surface area contributed by atoms with Gasteiger partial charge in [0, 0.05) is 17.5 Å². The molecule has 0 unspecified atom stereocenters. The van der Waals surface area contributed by atoms with E-state index in [0.717, 1.165) is 33.3 Å². The van der Waals surface area contributed by atoms with Crippen LogP contribution in [-0.2, 0) is 36.1 Å². The van der Waals surface area contributed by atoms with Crippen LogP contribution in [0, 0.1) is 12.7 Å². The number of benzene rings is 5. The van der Waals surface area contributed by atoms with Gasteiger partial charge in [0.2, 0.25) is 0 Å². The summed E-state index contributed by atoms with van der Waals surface area (Å²) in [7, 11) is -2.71. The van der Waals surface area contributed by atoms with Gasteiger partial charge in [0.15, 0.2) is 5.82 Å². The van der Waals surface area contributed by atoms with Crippen LogP contribution in [0.4, 0.5) is 4.39 Å². The third-order valence-electron chi connectivity index (χ3n) is 8.13. The van der Waals surface area contributed by atoms with E-state index in [9.17, 15) is 13.0 Å². The predicted octanol–water partition coefficient (Wildman–Crippen LogP) is 8.42. The van der Waals surface area contributed by atoms with Crippen molar-refractivity contribution in [2.45, 2.75) is 37.8 Å². The van der Waals surface area contributed by atoms with Gasteiger partial charge in [-0.1, -0.05) is 72.3 Å². The third kappa shape index (κ3) is 6.83. The molecule has 6 nitrogen and oxygen atoms in total. The molecule has 6 rings (SSSR count). The van der Waals surface area contributed by atoms with Crippen molar-refractivity contribution in [2.75, 3.05) is 7.11 Å². The van der Waals surface area contributed by atoms with Crippen molar-refractivity contribution in [1.82, 2.24) is 4.57 Å². The number of rotatable bonds is 11. The van der Waals surface area contributed by atoms with Crippen LogP contribution in [0.15, 0.2) is 120 Å². The number of hydrogen-bond donors (Lipinski definition) is 1. The van der Waals surface area contributed by atoms with Crippen molar-refractivity contribution in [3.05, 3.63) is 149 Å². The highest BCUT2D eigenvalue weighted by atomic mass is 32.2. The first-order chi connectivity index (χ1) is 22.2. The fraction of sp³-hybridized carbons (Fsp3) is 0.158. The van der Waals surface area contributed by atoms with Gasteiger partial charge in [-0.15, -0.1) is 0 Å². The Morgan fingerprint density at radius 1 is 0.761 bits per heavy atom. The molecule has 0 saturated carbocycles. The van der Waals surface area contributed by atoms with Crippen LogP contribution >= 0.6 is 0 Å². The number of nitrogens with zero attached hydrogens (tertiary/aromatic N) is 1. The van der Waals surface area contributed by atoms with Crippen molar-refractivity contribution in [3.63, 3.8) is 0 Å². The lowest BCUT2D eigenvalue weighted by Crippen LogP contribution is -2.05. The smallest absolute Gasteiger partial charge is 0.294 e. The van der Waals surface area contributed by atoms with Crippen LogP contribution in [0.3, 0.4) is 0 Å². The maximum absolute atomic E-state index is 16.3. The number of ether oxygens (including phenoxy) is 2. The van der Waals surface area contributed by atoms with Crippen molar-refractivity contribution in [1.29, 1.82) is 0 Å². The summed E-state index contributed by atoms with van der Waals surface area (Å²) >= 11 is 0. The number of aryl methyl sites for hydroxylation is 3. The number of fused-ring (bicyclic) bond motifs is 1.